The predicted molar refractivity (Wildman–Crippen MR) is 140 cm³/mol. The van der Waals surface area contributed by atoms with E-state index in [1.807, 2.05) is 44.2 Å². The van der Waals surface area contributed by atoms with E-state index in [-0.39, 0.29) is 5.89 Å². The van der Waals surface area contributed by atoms with Gasteiger partial charge < -0.3 is 19.3 Å². The van der Waals surface area contributed by atoms with E-state index >= 15 is 0 Å². The third-order valence-electron chi connectivity index (χ3n) is 6.25. The number of β-amino-alcohol motifs (C(OH)–C–C–N with tert-alkyl or cyclic N) is 1. The molecule has 1 saturated heterocycles. The van der Waals surface area contributed by atoms with Gasteiger partial charge in [0.05, 0.1) is 5.60 Å². The largest absolute Gasteiger partial charge is 0.470 e. The first-order chi connectivity index (χ1) is 18.0. The summed E-state index contributed by atoms with van der Waals surface area (Å²) < 4.78 is 43.4. The number of anilines is 1. The molecule has 0 spiro atoms. The smallest absolute Gasteiger partial charge is 0.413 e. The molecular weight excluding hydrogens is 495 g/mol. The molecule has 1 aliphatic rings. The summed E-state index contributed by atoms with van der Waals surface area (Å²) in [6, 6.07) is 17.3. The van der Waals surface area contributed by atoms with Gasteiger partial charge >= 0.3 is 12.1 Å². The van der Waals surface area contributed by atoms with Gasteiger partial charge in [-0.2, -0.15) is 13.2 Å². The minimum Gasteiger partial charge on any atom is -0.413 e. The number of piperazine rings is 1. The quantitative estimate of drug-likeness (QED) is 0.398. The number of rotatable bonds is 9. The zero-order chi connectivity index (χ0) is 27.3. The van der Waals surface area contributed by atoms with Gasteiger partial charge in [-0.25, -0.2) is 0 Å². The van der Waals surface area contributed by atoms with Crippen LogP contribution in [0.5, 0.6) is 0 Å². The molecule has 1 fully saturated rings. The van der Waals surface area contributed by atoms with Crippen molar-refractivity contribution in [3.63, 3.8) is 0 Å². The van der Waals surface area contributed by atoms with Crippen molar-refractivity contribution < 1.29 is 22.7 Å². The Kier molecular flexibility index (Phi) is 8.42. The number of halogens is 3. The van der Waals surface area contributed by atoms with Gasteiger partial charge in [0.2, 0.25) is 5.89 Å². The van der Waals surface area contributed by atoms with Crippen molar-refractivity contribution in [2.24, 2.45) is 0 Å². The molecule has 2 heterocycles. The molecule has 10 heteroatoms. The van der Waals surface area contributed by atoms with Crippen LogP contribution < -0.4 is 4.90 Å². The van der Waals surface area contributed by atoms with Crippen LogP contribution >= 0.6 is 0 Å². The summed E-state index contributed by atoms with van der Waals surface area (Å²) >= 11 is 0. The molecule has 0 amide bonds. The molecule has 0 aliphatic carbocycles. The number of aliphatic hydroxyl groups is 1. The van der Waals surface area contributed by atoms with E-state index in [9.17, 15) is 18.3 Å². The molecule has 204 valence electrons. The molecule has 1 N–H and O–H groups in total. The van der Waals surface area contributed by atoms with Gasteiger partial charge in [0, 0.05) is 50.5 Å². The van der Waals surface area contributed by atoms with Gasteiger partial charge in [-0.3, -0.25) is 4.90 Å². The van der Waals surface area contributed by atoms with Crippen molar-refractivity contribution >= 4 is 5.69 Å². The highest BCUT2D eigenvalue weighted by Crippen LogP contribution is 2.31. The van der Waals surface area contributed by atoms with Gasteiger partial charge in [-0.15, -0.1) is 10.2 Å². The van der Waals surface area contributed by atoms with Crippen molar-refractivity contribution in [2.75, 3.05) is 37.6 Å². The molecule has 2 aromatic carbocycles. The zero-order valence-electron chi connectivity index (χ0n) is 21.9. The standard InChI is InChI=1S/C28H34F3N5O2/c1-4-8-24(35-17-15-34(16-18-35)20-27(2,3)37)36(23-9-6-5-7-10-23)19-21-11-13-22(14-12-21)25-32-33-26(38-25)28(29,30)31/h5-14,37H,4,15-20H2,1-3H3. The number of alkyl halides is 3. The molecule has 38 heavy (non-hydrogen) atoms. The number of benzene rings is 2. The number of aromatic nitrogens is 2. The van der Waals surface area contributed by atoms with Crippen LogP contribution in [-0.4, -0.2) is 63.4 Å². The number of hydrogen-bond donors (Lipinski definition) is 1. The van der Waals surface area contributed by atoms with Gasteiger partial charge in [0.1, 0.15) is 5.82 Å². The van der Waals surface area contributed by atoms with Crippen LogP contribution in [0.4, 0.5) is 18.9 Å². The minimum absolute atomic E-state index is 0.167. The Labute approximate surface area is 221 Å². The topological polar surface area (TPSA) is 68.9 Å². The monoisotopic (exact) mass is 529 g/mol. The van der Waals surface area contributed by atoms with Crippen LogP contribution in [0.15, 0.2) is 70.9 Å². The van der Waals surface area contributed by atoms with Crippen LogP contribution in [0.3, 0.4) is 0 Å². The van der Waals surface area contributed by atoms with Gasteiger partial charge in [-0.05, 0) is 56.2 Å². The maximum absolute atomic E-state index is 12.8. The van der Waals surface area contributed by atoms with Gasteiger partial charge in [0.15, 0.2) is 0 Å². The Morgan fingerprint density at radius 2 is 1.66 bits per heavy atom. The number of hydrogen-bond acceptors (Lipinski definition) is 7. The summed E-state index contributed by atoms with van der Waals surface area (Å²) in [6.45, 7) is 10.4. The van der Waals surface area contributed by atoms with E-state index in [2.05, 4.69) is 50.0 Å². The molecule has 0 saturated carbocycles. The second kappa shape index (κ2) is 11.6. The van der Waals surface area contributed by atoms with Crippen LogP contribution in [0.2, 0.25) is 0 Å². The Bertz CT molecular complexity index is 1200. The predicted octanol–water partition coefficient (Wildman–Crippen LogP) is 5.40. The Balaban J connectivity index is 1.55. The lowest BCUT2D eigenvalue weighted by Crippen LogP contribution is -2.51. The van der Waals surface area contributed by atoms with Crippen molar-refractivity contribution in [2.45, 2.75) is 45.5 Å². The fraction of sp³-hybridized carbons (Fsp3) is 0.429. The summed E-state index contributed by atoms with van der Waals surface area (Å²) in [6.07, 6.45) is -1.59. The zero-order valence-corrected chi connectivity index (χ0v) is 21.9. The number of allylic oxidation sites excluding steroid dienone is 1. The van der Waals surface area contributed by atoms with Gasteiger partial charge in [0.25, 0.3) is 0 Å². The lowest BCUT2D eigenvalue weighted by Gasteiger charge is -2.42. The van der Waals surface area contributed by atoms with E-state index in [1.54, 1.807) is 12.1 Å². The first kappa shape index (κ1) is 27.7. The fourth-order valence-electron chi connectivity index (χ4n) is 4.58. The van der Waals surface area contributed by atoms with Crippen LogP contribution in [0.1, 0.15) is 38.6 Å². The van der Waals surface area contributed by atoms with Crippen molar-refractivity contribution in [3.8, 4) is 11.5 Å². The second-order valence-corrected chi connectivity index (χ2v) is 10.1. The molecule has 0 atom stereocenters. The molecule has 4 rings (SSSR count). The molecule has 0 bridgehead atoms. The number of para-hydroxylation sites is 1. The molecule has 0 radical (unpaired) electrons. The Hall–Kier alpha value is -3.37. The van der Waals surface area contributed by atoms with E-state index in [4.69, 9.17) is 4.42 Å². The fourth-order valence-corrected chi connectivity index (χ4v) is 4.58. The molecule has 1 aromatic heterocycles. The number of nitrogens with zero attached hydrogens (tertiary/aromatic N) is 5. The van der Waals surface area contributed by atoms with Crippen molar-refractivity contribution in [1.29, 1.82) is 0 Å². The normalized spacial score (nSPS) is 15.7. The van der Waals surface area contributed by atoms with Gasteiger partial charge in [-0.1, -0.05) is 37.3 Å². The second-order valence-electron chi connectivity index (χ2n) is 10.1. The van der Waals surface area contributed by atoms with E-state index in [0.717, 1.165) is 49.7 Å². The highest BCUT2D eigenvalue weighted by Gasteiger charge is 2.38. The van der Waals surface area contributed by atoms with Crippen LogP contribution in [0, 0.1) is 0 Å². The Morgan fingerprint density at radius 3 is 2.21 bits per heavy atom. The van der Waals surface area contributed by atoms with E-state index < -0.39 is 17.7 Å². The first-order valence-electron chi connectivity index (χ1n) is 12.8. The molecule has 0 unspecified atom stereocenters. The lowest BCUT2D eigenvalue weighted by atomic mass is 10.1. The molecule has 1 aliphatic heterocycles. The maximum atomic E-state index is 12.8. The lowest BCUT2D eigenvalue weighted by molar-refractivity contribution is -0.156. The van der Waals surface area contributed by atoms with E-state index in [1.165, 1.54) is 0 Å². The highest BCUT2D eigenvalue weighted by molar-refractivity contribution is 5.55. The SMILES string of the molecule is CCC=C(N1CCN(CC(C)(C)O)CC1)N(Cc1ccc(-c2nnc(C(F)(F)F)o2)cc1)c1ccccc1. The van der Waals surface area contributed by atoms with Crippen LogP contribution in [0.25, 0.3) is 11.5 Å². The molecule has 7 nitrogen and oxygen atoms in total. The summed E-state index contributed by atoms with van der Waals surface area (Å²) in [7, 11) is 0. The van der Waals surface area contributed by atoms with E-state index in [0.29, 0.717) is 18.7 Å². The first-order valence-corrected chi connectivity index (χ1v) is 12.8. The van der Waals surface area contributed by atoms with Crippen LogP contribution in [-0.2, 0) is 12.7 Å². The third kappa shape index (κ3) is 7.14. The average Bonchev–Trinajstić information content (AvgIpc) is 3.38. The molecular formula is C28H34F3N5O2. The highest BCUT2D eigenvalue weighted by atomic mass is 19.4. The summed E-state index contributed by atoms with van der Waals surface area (Å²) in [5, 5.41) is 16.9. The maximum Gasteiger partial charge on any atom is 0.470 e. The van der Waals surface area contributed by atoms with Crippen molar-refractivity contribution in [3.05, 3.63) is 77.9 Å². The Morgan fingerprint density at radius 1 is 1.00 bits per heavy atom. The third-order valence-corrected chi connectivity index (χ3v) is 6.25. The average molecular weight is 530 g/mol. The summed E-state index contributed by atoms with van der Waals surface area (Å²) in [4.78, 5) is 6.93. The summed E-state index contributed by atoms with van der Waals surface area (Å²) in [5.41, 5.74) is 1.72. The minimum atomic E-state index is -4.68. The molecule has 3 aromatic rings. The summed E-state index contributed by atoms with van der Waals surface area (Å²) in [5.74, 6) is -0.416. The van der Waals surface area contributed by atoms with Crippen molar-refractivity contribution in [1.82, 2.24) is 20.0 Å².